The van der Waals surface area contributed by atoms with Gasteiger partial charge < -0.3 is 20.6 Å². The summed E-state index contributed by atoms with van der Waals surface area (Å²) in [6.45, 7) is 8.90. The van der Waals surface area contributed by atoms with E-state index >= 15 is 0 Å². The van der Waals surface area contributed by atoms with Gasteiger partial charge in [0.25, 0.3) is 0 Å². The molecule has 0 radical (unpaired) electrons. The Labute approximate surface area is 212 Å². The molecule has 2 atom stereocenters. The molecule has 2 aliphatic heterocycles. The van der Waals surface area contributed by atoms with Gasteiger partial charge in [0.15, 0.2) is 5.82 Å². The van der Waals surface area contributed by atoms with Crippen LogP contribution in [0.15, 0.2) is 48.7 Å². The summed E-state index contributed by atoms with van der Waals surface area (Å²) < 4.78 is 0. The Morgan fingerprint density at radius 1 is 1.00 bits per heavy atom. The minimum Gasteiger partial charge on any atom is -0.507 e. The maximum Gasteiger partial charge on any atom is 0.169 e. The van der Waals surface area contributed by atoms with Gasteiger partial charge in [-0.25, -0.2) is 4.98 Å². The van der Waals surface area contributed by atoms with Gasteiger partial charge in [0.1, 0.15) is 11.4 Å². The van der Waals surface area contributed by atoms with Crippen LogP contribution in [0, 0.1) is 11.8 Å². The third-order valence-electron chi connectivity index (χ3n) is 7.31. The monoisotopic (exact) mass is 483 g/mol. The van der Waals surface area contributed by atoms with Crippen molar-refractivity contribution in [2.24, 2.45) is 0 Å². The number of phenolic OH excluding ortho intramolecular Hbond substituents is 1. The minimum atomic E-state index is 0.175. The minimum absolute atomic E-state index is 0.175. The summed E-state index contributed by atoms with van der Waals surface area (Å²) in [6, 6.07) is 14.2. The standard InChI is InChI=1S/C28H33N7O/c1-20-10-14-33(20)13-5-6-22-18-23(9-12-30-22)35-17-16-34(15-11-21(35)2)26-19-25(31-32-28(26)29)24-7-3-4-8-27(24)36/h3-4,7-9,12,18-21,36H,10-11,13-17H2,1-2H3,(H2,29,32)/t20-,21+/m1/s1. The van der Waals surface area contributed by atoms with Gasteiger partial charge >= 0.3 is 0 Å². The number of para-hydroxylation sites is 1. The second kappa shape index (κ2) is 10.4. The van der Waals surface area contributed by atoms with E-state index in [1.54, 1.807) is 12.1 Å². The molecule has 3 N–H and O–H groups in total. The van der Waals surface area contributed by atoms with Crippen LogP contribution >= 0.6 is 0 Å². The first-order valence-corrected chi connectivity index (χ1v) is 12.6. The van der Waals surface area contributed by atoms with Gasteiger partial charge in [-0.15, -0.1) is 10.2 Å². The van der Waals surface area contributed by atoms with Crippen molar-refractivity contribution in [2.45, 2.75) is 38.8 Å². The quantitative estimate of drug-likeness (QED) is 0.546. The van der Waals surface area contributed by atoms with Crippen molar-refractivity contribution < 1.29 is 5.11 Å². The molecular formula is C28H33N7O. The summed E-state index contributed by atoms with van der Waals surface area (Å²) in [6.07, 6.45) is 4.07. The van der Waals surface area contributed by atoms with Gasteiger partial charge in [-0.3, -0.25) is 4.90 Å². The average Bonchev–Trinajstić information content (AvgIpc) is 3.08. The number of hydrogen-bond donors (Lipinski definition) is 2. The van der Waals surface area contributed by atoms with Crippen LogP contribution in [0.4, 0.5) is 17.2 Å². The third kappa shape index (κ3) is 5.07. The SMILES string of the molecule is C[C@@H]1CCN1CC#Cc1cc(N2CCN(c3cc(-c4ccccc4O)nnc3N)CC[C@@H]2C)ccn1. The van der Waals surface area contributed by atoms with E-state index in [2.05, 4.69) is 67.7 Å². The van der Waals surface area contributed by atoms with Gasteiger partial charge in [-0.2, -0.15) is 0 Å². The van der Waals surface area contributed by atoms with Crippen LogP contribution in [-0.4, -0.2) is 70.0 Å². The predicted octanol–water partition coefficient (Wildman–Crippen LogP) is 3.38. The van der Waals surface area contributed by atoms with E-state index in [0.29, 0.717) is 29.2 Å². The zero-order valence-electron chi connectivity index (χ0n) is 20.9. The molecule has 2 saturated heterocycles. The van der Waals surface area contributed by atoms with E-state index in [9.17, 15) is 5.11 Å². The van der Waals surface area contributed by atoms with E-state index in [-0.39, 0.29) is 5.75 Å². The first-order valence-electron chi connectivity index (χ1n) is 12.6. The van der Waals surface area contributed by atoms with Crippen LogP contribution in [-0.2, 0) is 0 Å². The maximum absolute atomic E-state index is 10.3. The molecule has 2 aliphatic rings. The van der Waals surface area contributed by atoms with Crippen LogP contribution in [0.5, 0.6) is 5.75 Å². The number of phenols is 1. The molecule has 36 heavy (non-hydrogen) atoms. The molecule has 5 rings (SSSR count). The number of aromatic hydroxyl groups is 1. The fourth-order valence-corrected chi connectivity index (χ4v) is 4.85. The molecule has 4 heterocycles. The van der Waals surface area contributed by atoms with E-state index in [4.69, 9.17) is 5.73 Å². The van der Waals surface area contributed by atoms with Crippen LogP contribution in [0.2, 0.25) is 0 Å². The van der Waals surface area contributed by atoms with Crippen molar-refractivity contribution in [1.82, 2.24) is 20.1 Å². The highest BCUT2D eigenvalue weighted by atomic mass is 16.3. The van der Waals surface area contributed by atoms with E-state index < -0.39 is 0 Å². The van der Waals surface area contributed by atoms with Crippen molar-refractivity contribution >= 4 is 17.2 Å². The Kier molecular flexibility index (Phi) is 6.92. The van der Waals surface area contributed by atoms with Gasteiger partial charge in [0.05, 0.1) is 17.9 Å². The summed E-state index contributed by atoms with van der Waals surface area (Å²) in [5.74, 6) is 7.11. The molecule has 186 valence electrons. The van der Waals surface area contributed by atoms with E-state index in [1.807, 2.05) is 24.4 Å². The number of rotatable bonds is 4. The number of nitrogen functional groups attached to an aromatic ring is 1. The predicted molar refractivity (Wildman–Crippen MR) is 144 cm³/mol. The topological polar surface area (TPSA) is 94.6 Å². The number of nitrogens with zero attached hydrogens (tertiary/aromatic N) is 6. The largest absolute Gasteiger partial charge is 0.507 e. The van der Waals surface area contributed by atoms with E-state index in [1.165, 1.54) is 6.42 Å². The van der Waals surface area contributed by atoms with Crippen LogP contribution in [0.1, 0.15) is 32.4 Å². The number of aromatic nitrogens is 3. The molecule has 8 nitrogen and oxygen atoms in total. The summed E-state index contributed by atoms with van der Waals surface area (Å²) >= 11 is 0. The van der Waals surface area contributed by atoms with Crippen molar-refractivity contribution in [3.05, 3.63) is 54.4 Å². The molecular weight excluding hydrogens is 450 g/mol. The molecule has 0 aliphatic carbocycles. The lowest BCUT2D eigenvalue weighted by Crippen LogP contribution is -2.45. The Hall–Kier alpha value is -3.83. The zero-order valence-corrected chi connectivity index (χ0v) is 20.9. The van der Waals surface area contributed by atoms with Crippen molar-refractivity contribution in [3.63, 3.8) is 0 Å². The summed E-state index contributed by atoms with van der Waals surface area (Å²) in [5, 5.41) is 18.7. The number of likely N-dealkylation sites (tertiary alicyclic amines) is 1. The van der Waals surface area contributed by atoms with Gasteiger partial charge in [-0.05, 0) is 62.9 Å². The fourth-order valence-electron chi connectivity index (χ4n) is 4.85. The number of pyridine rings is 1. The van der Waals surface area contributed by atoms with Crippen molar-refractivity contribution in [3.8, 4) is 28.8 Å². The number of benzene rings is 1. The lowest BCUT2D eigenvalue weighted by atomic mass is 10.1. The summed E-state index contributed by atoms with van der Waals surface area (Å²) in [5.41, 5.74) is 10.3. The number of nitrogens with two attached hydrogens (primary N) is 1. The zero-order chi connectivity index (χ0) is 25.1. The average molecular weight is 484 g/mol. The highest BCUT2D eigenvalue weighted by Crippen LogP contribution is 2.32. The molecule has 8 heteroatoms. The number of anilines is 3. The second-order valence-electron chi connectivity index (χ2n) is 9.64. The molecule has 0 saturated carbocycles. The Bertz CT molecular complexity index is 1280. The van der Waals surface area contributed by atoms with Crippen LogP contribution in [0.3, 0.4) is 0 Å². The third-order valence-corrected chi connectivity index (χ3v) is 7.31. The summed E-state index contributed by atoms with van der Waals surface area (Å²) in [7, 11) is 0. The van der Waals surface area contributed by atoms with Gasteiger partial charge in [-0.1, -0.05) is 18.1 Å². The lowest BCUT2D eigenvalue weighted by Gasteiger charge is -2.36. The first-order chi connectivity index (χ1) is 17.5. The fraction of sp³-hybridized carbons (Fsp3) is 0.393. The van der Waals surface area contributed by atoms with Gasteiger partial charge in [0.2, 0.25) is 0 Å². The molecule has 0 unspecified atom stereocenters. The summed E-state index contributed by atoms with van der Waals surface area (Å²) in [4.78, 5) is 11.5. The van der Waals surface area contributed by atoms with Crippen molar-refractivity contribution in [1.29, 1.82) is 0 Å². The first kappa shape index (κ1) is 23.9. The molecule has 0 amide bonds. The smallest absolute Gasteiger partial charge is 0.169 e. The molecule has 0 spiro atoms. The highest BCUT2D eigenvalue weighted by molar-refractivity contribution is 5.74. The Balaban J connectivity index is 1.32. The Morgan fingerprint density at radius 3 is 2.61 bits per heavy atom. The van der Waals surface area contributed by atoms with E-state index in [0.717, 1.165) is 56.2 Å². The Morgan fingerprint density at radius 2 is 1.83 bits per heavy atom. The molecule has 1 aromatic carbocycles. The molecule has 2 fully saturated rings. The second-order valence-corrected chi connectivity index (χ2v) is 9.64. The molecule has 0 bridgehead atoms. The lowest BCUT2D eigenvalue weighted by molar-refractivity contribution is 0.124. The van der Waals surface area contributed by atoms with Gasteiger partial charge in [0, 0.05) is 55.7 Å². The maximum atomic E-state index is 10.3. The normalized spacial score (nSPS) is 20.3. The van der Waals surface area contributed by atoms with Crippen molar-refractivity contribution in [2.75, 3.05) is 48.3 Å². The number of hydrogen-bond acceptors (Lipinski definition) is 8. The van der Waals surface area contributed by atoms with Crippen LogP contribution < -0.4 is 15.5 Å². The molecule has 3 aromatic rings. The van der Waals surface area contributed by atoms with Crippen LogP contribution in [0.25, 0.3) is 11.3 Å². The molecule has 2 aromatic heterocycles. The highest BCUT2D eigenvalue weighted by Gasteiger charge is 2.24.